The summed E-state index contributed by atoms with van der Waals surface area (Å²) in [7, 11) is 3.98. The van der Waals surface area contributed by atoms with Gasteiger partial charge in [-0.2, -0.15) is 0 Å². The third kappa shape index (κ3) is 2.67. The third-order valence-corrected chi connectivity index (χ3v) is 2.95. The summed E-state index contributed by atoms with van der Waals surface area (Å²) >= 11 is 0. The predicted octanol–water partition coefficient (Wildman–Crippen LogP) is -0.881. The number of nitrogens with one attached hydrogen (secondary N) is 3. The fourth-order valence-electron chi connectivity index (χ4n) is 2.20. The Morgan fingerprint density at radius 1 is 1.21 bits per heavy atom. The molecule has 0 spiro atoms. The van der Waals surface area contributed by atoms with Crippen LogP contribution in [0.1, 0.15) is 13.8 Å². The highest BCUT2D eigenvalue weighted by molar-refractivity contribution is 5.11. The van der Waals surface area contributed by atoms with E-state index >= 15 is 0 Å². The van der Waals surface area contributed by atoms with Crippen LogP contribution in [0.15, 0.2) is 0 Å². The zero-order valence-corrected chi connectivity index (χ0v) is 9.72. The van der Waals surface area contributed by atoms with Crippen molar-refractivity contribution in [3.05, 3.63) is 0 Å². The van der Waals surface area contributed by atoms with Crippen LogP contribution in [0.4, 0.5) is 0 Å². The molecule has 4 nitrogen and oxygen atoms in total. The fraction of sp³-hybridized carbons (Fsp3) is 1.00. The van der Waals surface area contributed by atoms with E-state index < -0.39 is 0 Å². The molecule has 1 aliphatic rings. The Morgan fingerprint density at radius 2 is 1.86 bits per heavy atom. The lowest BCUT2D eigenvalue weighted by atomic mass is 10.1. The summed E-state index contributed by atoms with van der Waals surface area (Å²) in [6, 6.07) is 1.09. The summed E-state index contributed by atoms with van der Waals surface area (Å²) in [4.78, 5) is 0. The van der Waals surface area contributed by atoms with Gasteiger partial charge in [-0.1, -0.05) is 0 Å². The Balaban J connectivity index is 2.38. The van der Waals surface area contributed by atoms with Crippen LogP contribution < -0.4 is 21.7 Å². The standard InChI is InChI=1S/C10H24N4/c1-10(2,6-12-3)14-9-7(5-11)8(9)13-4/h7-9,12-14H,5-6,11H2,1-4H3. The van der Waals surface area contributed by atoms with Crippen molar-refractivity contribution in [2.45, 2.75) is 31.5 Å². The zero-order valence-electron chi connectivity index (χ0n) is 9.72. The molecule has 1 aliphatic carbocycles. The monoisotopic (exact) mass is 200 g/mol. The fourth-order valence-corrected chi connectivity index (χ4v) is 2.20. The predicted molar refractivity (Wildman–Crippen MR) is 60.3 cm³/mol. The van der Waals surface area contributed by atoms with Crippen molar-refractivity contribution in [1.82, 2.24) is 16.0 Å². The number of rotatable bonds is 6. The molecular formula is C10H24N4. The quantitative estimate of drug-likeness (QED) is 0.450. The van der Waals surface area contributed by atoms with Gasteiger partial charge < -0.3 is 21.7 Å². The summed E-state index contributed by atoms with van der Waals surface area (Å²) in [5, 5.41) is 10.1. The van der Waals surface area contributed by atoms with Crippen molar-refractivity contribution in [2.75, 3.05) is 27.2 Å². The highest BCUT2D eigenvalue weighted by Gasteiger charge is 2.49. The van der Waals surface area contributed by atoms with Gasteiger partial charge in [-0.15, -0.1) is 0 Å². The SMILES string of the molecule is CNCC(C)(C)NC1C(CN)C1NC. The maximum atomic E-state index is 5.69. The molecule has 0 heterocycles. The lowest BCUT2D eigenvalue weighted by Crippen LogP contribution is -2.49. The van der Waals surface area contributed by atoms with Crippen LogP contribution in [0.5, 0.6) is 0 Å². The molecule has 1 saturated carbocycles. The normalized spacial score (nSPS) is 31.9. The van der Waals surface area contributed by atoms with Crippen molar-refractivity contribution in [3.63, 3.8) is 0 Å². The minimum absolute atomic E-state index is 0.137. The molecule has 0 saturated heterocycles. The Hall–Kier alpha value is -0.160. The largest absolute Gasteiger partial charge is 0.330 e. The van der Waals surface area contributed by atoms with Crippen LogP contribution in [0.3, 0.4) is 0 Å². The van der Waals surface area contributed by atoms with Gasteiger partial charge in [-0.25, -0.2) is 0 Å². The lowest BCUT2D eigenvalue weighted by Gasteiger charge is -2.26. The van der Waals surface area contributed by atoms with Crippen molar-refractivity contribution < 1.29 is 0 Å². The lowest BCUT2D eigenvalue weighted by molar-refractivity contribution is 0.361. The smallest absolute Gasteiger partial charge is 0.0286 e. The van der Waals surface area contributed by atoms with Crippen LogP contribution in [-0.4, -0.2) is 44.8 Å². The van der Waals surface area contributed by atoms with Crippen molar-refractivity contribution in [1.29, 1.82) is 0 Å². The van der Waals surface area contributed by atoms with Gasteiger partial charge in [-0.05, 0) is 34.5 Å². The minimum Gasteiger partial charge on any atom is -0.330 e. The Morgan fingerprint density at radius 3 is 2.21 bits per heavy atom. The second kappa shape index (κ2) is 4.57. The summed E-state index contributed by atoms with van der Waals surface area (Å²) in [6.07, 6.45) is 0. The summed E-state index contributed by atoms with van der Waals surface area (Å²) in [6.45, 7) is 6.15. The Kier molecular flexibility index (Phi) is 3.89. The topological polar surface area (TPSA) is 62.1 Å². The molecule has 0 aromatic heterocycles. The molecule has 0 aliphatic heterocycles. The molecule has 3 unspecified atom stereocenters. The number of hydrogen-bond acceptors (Lipinski definition) is 4. The molecule has 1 fully saturated rings. The molecule has 0 bridgehead atoms. The van der Waals surface area contributed by atoms with Crippen LogP contribution in [0.25, 0.3) is 0 Å². The first kappa shape index (κ1) is 11.9. The van der Waals surface area contributed by atoms with E-state index in [1.54, 1.807) is 0 Å². The Labute approximate surface area is 87.0 Å². The summed E-state index contributed by atoms with van der Waals surface area (Å²) in [5.41, 5.74) is 5.82. The maximum absolute atomic E-state index is 5.69. The van der Waals surface area contributed by atoms with E-state index in [0.717, 1.165) is 13.1 Å². The first-order chi connectivity index (χ1) is 6.55. The van der Waals surface area contributed by atoms with Gasteiger partial charge in [0.05, 0.1) is 0 Å². The first-order valence-corrected chi connectivity index (χ1v) is 5.35. The number of likely N-dealkylation sites (N-methyl/N-ethyl adjacent to an activating group) is 2. The van der Waals surface area contributed by atoms with Gasteiger partial charge in [0.15, 0.2) is 0 Å². The molecule has 3 atom stereocenters. The van der Waals surface area contributed by atoms with Crippen molar-refractivity contribution >= 4 is 0 Å². The van der Waals surface area contributed by atoms with Gasteiger partial charge >= 0.3 is 0 Å². The molecule has 4 heteroatoms. The maximum Gasteiger partial charge on any atom is 0.0286 e. The Bertz CT molecular complexity index is 171. The van der Waals surface area contributed by atoms with Crippen molar-refractivity contribution in [3.8, 4) is 0 Å². The molecule has 5 N–H and O–H groups in total. The number of nitrogens with two attached hydrogens (primary N) is 1. The van der Waals surface area contributed by atoms with E-state index in [4.69, 9.17) is 5.73 Å². The summed E-state index contributed by atoms with van der Waals surface area (Å²) in [5.74, 6) is 0.594. The second-order valence-corrected chi connectivity index (χ2v) is 4.80. The van der Waals surface area contributed by atoms with Crippen LogP contribution in [0.2, 0.25) is 0 Å². The molecular weight excluding hydrogens is 176 g/mol. The average molecular weight is 200 g/mol. The highest BCUT2D eigenvalue weighted by Crippen LogP contribution is 2.31. The summed E-state index contributed by atoms with van der Waals surface area (Å²) < 4.78 is 0. The van der Waals surface area contributed by atoms with Gasteiger partial charge in [0.25, 0.3) is 0 Å². The second-order valence-electron chi connectivity index (χ2n) is 4.80. The van der Waals surface area contributed by atoms with E-state index in [0.29, 0.717) is 18.0 Å². The van der Waals surface area contributed by atoms with E-state index in [2.05, 4.69) is 29.8 Å². The van der Waals surface area contributed by atoms with E-state index in [1.807, 2.05) is 14.1 Å². The van der Waals surface area contributed by atoms with E-state index in [-0.39, 0.29) is 5.54 Å². The van der Waals surface area contributed by atoms with Crippen LogP contribution in [0, 0.1) is 5.92 Å². The molecule has 14 heavy (non-hydrogen) atoms. The van der Waals surface area contributed by atoms with Gasteiger partial charge in [0.2, 0.25) is 0 Å². The van der Waals surface area contributed by atoms with Crippen LogP contribution >= 0.6 is 0 Å². The van der Waals surface area contributed by atoms with Gasteiger partial charge in [0, 0.05) is 30.1 Å². The van der Waals surface area contributed by atoms with E-state index in [1.165, 1.54) is 0 Å². The van der Waals surface area contributed by atoms with Gasteiger partial charge in [-0.3, -0.25) is 0 Å². The molecule has 0 amide bonds. The highest BCUT2D eigenvalue weighted by atomic mass is 15.2. The molecule has 0 radical (unpaired) electrons. The molecule has 0 aromatic rings. The van der Waals surface area contributed by atoms with E-state index in [9.17, 15) is 0 Å². The molecule has 0 aromatic carbocycles. The average Bonchev–Trinajstić information content (AvgIpc) is 2.75. The zero-order chi connectivity index (χ0) is 10.8. The first-order valence-electron chi connectivity index (χ1n) is 5.35. The van der Waals surface area contributed by atoms with Crippen molar-refractivity contribution in [2.24, 2.45) is 11.7 Å². The minimum atomic E-state index is 0.137. The molecule has 84 valence electrons. The van der Waals surface area contributed by atoms with Crippen LogP contribution in [-0.2, 0) is 0 Å². The third-order valence-electron chi connectivity index (χ3n) is 2.95. The number of hydrogen-bond donors (Lipinski definition) is 4. The molecule has 1 rings (SSSR count). The van der Waals surface area contributed by atoms with Gasteiger partial charge in [0.1, 0.15) is 0 Å².